The molecule has 1 aromatic carbocycles. The van der Waals surface area contributed by atoms with Crippen LogP contribution in [0.2, 0.25) is 0 Å². The average molecular weight is 261 g/mol. The Morgan fingerprint density at radius 1 is 1.37 bits per heavy atom. The number of carbonyl (C=O) groups excluding carboxylic acids is 1. The number of hydrogen-bond acceptors (Lipinski definition) is 5. The maximum atomic E-state index is 12.0. The zero-order chi connectivity index (χ0) is 14.0. The highest BCUT2D eigenvalue weighted by Gasteiger charge is 2.18. The van der Waals surface area contributed by atoms with E-state index in [9.17, 15) is 4.79 Å². The molecular weight excluding hydrogens is 246 g/mol. The van der Waals surface area contributed by atoms with Gasteiger partial charge in [-0.2, -0.15) is 5.10 Å². The minimum atomic E-state index is -0.538. The van der Waals surface area contributed by atoms with Crippen molar-refractivity contribution in [1.82, 2.24) is 9.78 Å². The summed E-state index contributed by atoms with van der Waals surface area (Å²) in [4.78, 5) is 12.0. The van der Waals surface area contributed by atoms with Crippen molar-refractivity contribution in [3.8, 4) is 11.5 Å². The Kier molecular flexibility index (Phi) is 3.41. The molecule has 1 heterocycles. The quantitative estimate of drug-likeness (QED) is 0.651. The van der Waals surface area contributed by atoms with Crippen molar-refractivity contribution in [1.29, 1.82) is 0 Å². The average Bonchev–Trinajstić information content (AvgIpc) is 2.74. The Morgan fingerprint density at radius 2 is 2.00 bits per heavy atom. The van der Waals surface area contributed by atoms with E-state index in [-0.39, 0.29) is 17.6 Å². The third-order valence-electron chi connectivity index (χ3n) is 2.50. The van der Waals surface area contributed by atoms with Gasteiger partial charge in [-0.15, -0.1) is 0 Å². The minimum absolute atomic E-state index is 0.000308. The van der Waals surface area contributed by atoms with Gasteiger partial charge in [-0.3, -0.25) is 4.68 Å². The summed E-state index contributed by atoms with van der Waals surface area (Å²) in [5, 5.41) is 13.2. The predicted octanol–water partition coefficient (Wildman–Crippen LogP) is 1.97. The van der Waals surface area contributed by atoms with E-state index in [1.54, 1.807) is 0 Å². The Balaban J connectivity index is 2.22. The Labute approximate surface area is 110 Å². The van der Waals surface area contributed by atoms with Crippen LogP contribution >= 0.6 is 0 Å². The van der Waals surface area contributed by atoms with E-state index in [4.69, 9.17) is 15.6 Å². The molecule has 0 amide bonds. The fourth-order valence-electron chi connectivity index (χ4n) is 1.63. The maximum absolute atomic E-state index is 12.0. The van der Waals surface area contributed by atoms with Crippen LogP contribution in [0.1, 0.15) is 30.4 Å². The molecule has 6 heteroatoms. The molecule has 0 aliphatic rings. The number of phenols is 1. The fraction of sp³-hybridized carbons (Fsp3) is 0.231. The first-order valence-electron chi connectivity index (χ1n) is 5.83. The molecule has 0 aliphatic carbocycles. The summed E-state index contributed by atoms with van der Waals surface area (Å²) >= 11 is 0. The normalized spacial score (nSPS) is 10.7. The largest absolute Gasteiger partial charge is 0.508 e. The lowest BCUT2D eigenvalue weighted by Crippen LogP contribution is -2.17. The van der Waals surface area contributed by atoms with E-state index in [0.29, 0.717) is 11.4 Å². The Morgan fingerprint density at radius 3 is 2.58 bits per heavy atom. The number of nitrogens with two attached hydrogens (primary N) is 1. The topological polar surface area (TPSA) is 90.4 Å². The van der Waals surface area contributed by atoms with E-state index in [0.717, 1.165) is 0 Å². The molecule has 6 nitrogen and oxygen atoms in total. The smallest absolute Gasteiger partial charge is 0.362 e. The summed E-state index contributed by atoms with van der Waals surface area (Å²) in [6.07, 6.45) is 0. The van der Waals surface area contributed by atoms with Crippen LogP contribution < -0.4 is 10.5 Å². The third-order valence-corrected chi connectivity index (χ3v) is 2.50. The Hall–Kier alpha value is -2.50. The number of phenolic OH excluding ortho intramolecular Hbond substituents is 1. The molecule has 0 saturated carbocycles. The second kappa shape index (κ2) is 5.01. The highest BCUT2D eigenvalue weighted by Crippen LogP contribution is 2.19. The highest BCUT2D eigenvalue weighted by molar-refractivity contribution is 5.90. The first-order chi connectivity index (χ1) is 8.97. The summed E-state index contributed by atoms with van der Waals surface area (Å²) in [5.74, 6) is 0.184. The number of anilines is 1. The molecule has 100 valence electrons. The predicted molar refractivity (Wildman–Crippen MR) is 70.1 cm³/mol. The van der Waals surface area contributed by atoms with Crippen LogP contribution in [0, 0.1) is 0 Å². The molecular formula is C13H15N3O3. The van der Waals surface area contributed by atoms with E-state index < -0.39 is 5.97 Å². The van der Waals surface area contributed by atoms with Gasteiger partial charge in [0.15, 0.2) is 0 Å². The van der Waals surface area contributed by atoms with Crippen LogP contribution in [0.3, 0.4) is 0 Å². The molecule has 2 aromatic rings. The number of nitrogen functional groups attached to an aromatic ring is 1. The summed E-state index contributed by atoms with van der Waals surface area (Å²) in [6.45, 7) is 3.79. The first-order valence-corrected chi connectivity index (χ1v) is 5.83. The Bertz CT molecular complexity index is 588. The van der Waals surface area contributed by atoms with Gasteiger partial charge in [-0.05, 0) is 38.1 Å². The molecule has 1 aromatic heterocycles. The SMILES string of the molecule is CC(C)n1nc(N)cc1C(=O)Oc1ccc(O)cc1. The number of aromatic hydroxyl groups is 1. The van der Waals surface area contributed by atoms with Crippen molar-refractivity contribution in [2.75, 3.05) is 5.73 Å². The van der Waals surface area contributed by atoms with Gasteiger partial charge in [-0.1, -0.05) is 0 Å². The van der Waals surface area contributed by atoms with Gasteiger partial charge in [0, 0.05) is 12.1 Å². The number of rotatable bonds is 3. The molecule has 0 bridgehead atoms. The molecule has 3 N–H and O–H groups in total. The second-order valence-electron chi connectivity index (χ2n) is 4.38. The molecule has 0 aliphatic heterocycles. The molecule has 2 rings (SSSR count). The molecule has 0 atom stereocenters. The molecule has 0 radical (unpaired) electrons. The zero-order valence-electron chi connectivity index (χ0n) is 10.7. The summed E-state index contributed by atoms with van der Waals surface area (Å²) < 4.78 is 6.71. The number of carbonyl (C=O) groups is 1. The van der Waals surface area contributed by atoms with Crippen molar-refractivity contribution in [3.05, 3.63) is 36.0 Å². The standard InChI is InChI=1S/C13H15N3O3/c1-8(2)16-11(7-12(14)15-16)13(18)19-10-5-3-9(17)4-6-10/h3-8,17H,1-2H3,(H2,14,15). The first kappa shape index (κ1) is 12.9. The van der Waals surface area contributed by atoms with Crippen molar-refractivity contribution < 1.29 is 14.6 Å². The second-order valence-corrected chi connectivity index (χ2v) is 4.38. The number of esters is 1. The van der Waals surface area contributed by atoms with E-state index in [1.807, 2.05) is 13.8 Å². The van der Waals surface area contributed by atoms with Gasteiger partial charge < -0.3 is 15.6 Å². The van der Waals surface area contributed by atoms with Gasteiger partial charge in [0.2, 0.25) is 0 Å². The van der Waals surface area contributed by atoms with Gasteiger partial charge in [-0.25, -0.2) is 4.79 Å². The number of aromatic nitrogens is 2. The van der Waals surface area contributed by atoms with Crippen LogP contribution in [0.4, 0.5) is 5.82 Å². The number of hydrogen-bond donors (Lipinski definition) is 2. The van der Waals surface area contributed by atoms with E-state index in [2.05, 4.69) is 5.10 Å². The lowest BCUT2D eigenvalue weighted by Gasteiger charge is -2.10. The number of ether oxygens (including phenoxy) is 1. The van der Waals surface area contributed by atoms with Gasteiger partial charge in [0.25, 0.3) is 0 Å². The van der Waals surface area contributed by atoms with Crippen molar-refractivity contribution in [3.63, 3.8) is 0 Å². The van der Waals surface area contributed by atoms with Crippen LogP contribution in [0.15, 0.2) is 30.3 Å². The number of benzene rings is 1. The van der Waals surface area contributed by atoms with E-state index in [1.165, 1.54) is 35.0 Å². The maximum Gasteiger partial charge on any atom is 0.362 e. The summed E-state index contributed by atoms with van der Waals surface area (Å²) in [7, 11) is 0. The fourth-order valence-corrected chi connectivity index (χ4v) is 1.63. The molecule has 0 unspecified atom stereocenters. The van der Waals surface area contributed by atoms with E-state index >= 15 is 0 Å². The third kappa shape index (κ3) is 2.85. The van der Waals surface area contributed by atoms with Crippen molar-refractivity contribution >= 4 is 11.8 Å². The highest BCUT2D eigenvalue weighted by atomic mass is 16.5. The van der Waals surface area contributed by atoms with Gasteiger partial charge in [0.1, 0.15) is 23.0 Å². The molecule has 0 fully saturated rings. The number of nitrogens with zero attached hydrogens (tertiary/aromatic N) is 2. The van der Waals surface area contributed by atoms with Gasteiger partial charge in [0.05, 0.1) is 0 Å². The van der Waals surface area contributed by atoms with Crippen LogP contribution in [-0.4, -0.2) is 20.9 Å². The van der Waals surface area contributed by atoms with Crippen molar-refractivity contribution in [2.24, 2.45) is 0 Å². The zero-order valence-corrected chi connectivity index (χ0v) is 10.7. The monoisotopic (exact) mass is 261 g/mol. The molecule has 0 spiro atoms. The lowest BCUT2D eigenvalue weighted by atomic mass is 10.3. The lowest BCUT2D eigenvalue weighted by molar-refractivity contribution is 0.0719. The van der Waals surface area contributed by atoms with Crippen LogP contribution in [0.25, 0.3) is 0 Å². The van der Waals surface area contributed by atoms with Crippen LogP contribution in [0.5, 0.6) is 11.5 Å². The summed E-state index contributed by atoms with van der Waals surface area (Å²) in [6, 6.07) is 7.37. The molecule has 0 saturated heterocycles. The minimum Gasteiger partial charge on any atom is -0.508 e. The van der Waals surface area contributed by atoms with Crippen molar-refractivity contribution in [2.45, 2.75) is 19.9 Å². The summed E-state index contributed by atoms with van der Waals surface area (Å²) in [5.41, 5.74) is 5.89. The van der Waals surface area contributed by atoms with Gasteiger partial charge >= 0.3 is 5.97 Å². The van der Waals surface area contributed by atoms with Crippen LogP contribution in [-0.2, 0) is 0 Å². The molecule has 19 heavy (non-hydrogen) atoms.